The zero-order chi connectivity index (χ0) is 15.0. The molecule has 1 aromatic carbocycles. The van der Waals surface area contributed by atoms with Gasteiger partial charge in [-0.3, -0.25) is 4.79 Å². The molecule has 0 radical (unpaired) electrons. The molecule has 0 aliphatic heterocycles. The summed E-state index contributed by atoms with van der Waals surface area (Å²) in [5.74, 6) is -0.0583. The lowest BCUT2D eigenvalue weighted by molar-refractivity contribution is 0.616. The molecule has 0 bridgehead atoms. The maximum atomic E-state index is 11.9. The molecule has 6 heteroatoms. The number of anilines is 1. The number of pyridine rings is 1. The van der Waals surface area contributed by atoms with Gasteiger partial charge in [0, 0.05) is 10.9 Å². The zero-order valence-corrected chi connectivity index (χ0v) is 10.7. The van der Waals surface area contributed by atoms with Gasteiger partial charge in [0.2, 0.25) is 0 Å². The second-order valence-corrected chi connectivity index (χ2v) is 4.35. The van der Waals surface area contributed by atoms with Gasteiger partial charge in [-0.05, 0) is 17.7 Å². The van der Waals surface area contributed by atoms with Gasteiger partial charge in [0.05, 0.1) is 6.26 Å². The van der Waals surface area contributed by atoms with Crippen molar-refractivity contribution in [3.05, 3.63) is 52.0 Å². The van der Waals surface area contributed by atoms with Gasteiger partial charge in [-0.15, -0.1) is 0 Å². The molecule has 100 valence electrons. The Kier molecular flexibility index (Phi) is 2.71. The van der Waals surface area contributed by atoms with Crippen LogP contribution in [0.5, 0.6) is 0 Å². The highest BCUT2D eigenvalue weighted by atomic mass is 16.3. The van der Waals surface area contributed by atoms with E-state index < -0.39 is 5.56 Å². The summed E-state index contributed by atoms with van der Waals surface area (Å²) in [4.78, 5) is 14.2. The predicted octanol–water partition coefficient (Wildman–Crippen LogP) is 2.11. The van der Waals surface area contributed by atoms with Crippen molar-refractivity contribution >= 4 is 16.8 Å². The highest BCUT2D eigenvalue weighted by Gasteiger charge is 2.20. The van der Waals surface area contributed by atoms with E-state index in [0.29, 0.717) is 16.5 Å². The van der Waals surface area contributed by atoms with Crippen molar-refractivity contribution < 1.29 is 4.42 Å². The highest BCUT2D eigenvalue weighted by molar-refractivity contribution is 5.97. The van der Waals surface area contributed by atoms with Crippen molar-refractivity contribution in [2.45, 2.75) is 0 Å². The third kappa shape index (κ3) is 1.75. The number of hydrogen-bond donors (Lipinski definition) is 2. The number of nitrogens with two attached hydrogens (primary N) is 1. The highest BCUT2D eigenvalue weighted by Crippen LogP contribution is 2.34. The van der Waals surface area contributed by atoms with Crippen molar-refractivity contribution in [3.63, 3.8) is 0 Å². The van der Waals surface area contributed by atoms with Crippen LogP contribution in [-0.2, 0) is 0 Å². The van der Waals surface area contributed by atoms with Crippen LogP contribution in [0.1, 0.15) is 11.1 Å². The molecule has 6 nitrogen and oxygen atoms in total. The lowest BCUT2D eigenvalue weighted by atomic mass is 9.94. The summed E-state index contributed by atoms with van der Waals surface area (Å²) >= 11 is 0. The maximum absolute atomic E-state index is 11.9. The maximum Gasteiger partial charge on any atom is 0.268 e. The first-order valence-corrected chi connectivity index (χ1v) is 6.00. The van der Waals surface area contributed by atoms with Crippen LogP contribution in [0.3, 0.4) is 0 Å². The van der Waals surface area contributed by atoms with Crippen molar-refractivity contribution in [2.24, 2.45) is 0 Å². The third-order valence-corrected chi connectivity index (χ3v) is 3.23. The van der Waals surface area contributed by atoms with E-state index in [1.54, 1.807) is 24.3 Å². The Bertz CT molecular complexity index is 999. The average molecular weight is 276 g/mol. The smallest absolute Gasteiger partial charge is 0.268 e. The molecule has 3 N–H and O–H groups in total. The summed E-state index contributed by atoms with van der Waals surface area (Å²) in [6.07, 6.45) is 1.50. The minimum absolute atomic E-state index is 0.0583. The third-order valence-electron chi connectivity index (χ3n) is 3.23. The zero-order valence-electron chi connectivity index (χ0n) is 10.7. The Balaban J connectivity index is 2.54. The summed E-state index contributed by atoms with van der Waals surface area (Å²) in [7, 11) is 0. The molecule has 0 unspecified atom stereocenters. The number of nitriles is 2. The number of rotatable bonds is 1. The van der Waals surface area contributed by atoms with Gasteiger partial charge in [-0.2, -0.15) is 10.5 Å². The normalized spacial score (nSPS) is 10.2. The van der Waals surface area contributed by atoms with E-state index in [2.05, 4.69) is 4.98 Å². The molecule has 0 saturated heterocycles. The van der Waals surface area contributed by atoms with Gasteiger partial charge in [-0.25, -0.2) is 0 Å². The molecular weight excluding hydrogens is 268 g/mol. The van der Waals surface area contributed by atoms with Crippen molar-refractivity contribution in [2.75, 3.05) is 5.73 Å². The van der Waals surface area contributed by atoms with Crippen molar-refractivity contribution in [1.82, 2.24) is 4.98 Å². The Morgan fingerprint density at radius 3 is 2.62 bits per heavy atom. The van der Waals surface area contributed by atoms with Crippen LogP contribution >= 0.6 is 0 Å². The van der Waals surface area contributed by atoms with Gasteiger partial charge in [-0.1, -0.05) is 12.1 Å². The summed E-state index contributed by atoms with van der Waals surface area (Å²) in [6, 6.07) is 10.7. The van der Waals surface area contributed by atoms with Gasteiger partial charge in [0.1, 0.15) is 34.7 Å². The first-order chi connectivity index (χ1) is 10.2. The Morgan fingerprint density at radius 2 is 1.90 bits per heavy atom. The number of furan rings is 1. The van der Waals surface area contributed by atoms with Gasteiger partial charge in [0.15, 0.2) is 0 Å². The van der Waals surface area contributed by atoms with Gasteiger partial charge >= 0.3 is 0 Å². The molecular formula is C15H8N4O2. The van der Waals surface area contributed by atoms with Crippen LogP contribution in [0, 0.1) is 22.7 Å². The second kappa shape index (κ2) is 4.55. The minimum atomic E-state index is -0.621. The molecule has 3 aromatic rings. The van der Waals surface area contributed by atoms with E-state index in [1.807, 2.05) is 12.1 Å². The van der Waals surface area contributed by atoms with Crippen LogP contribution in [0.2, 0.25) is 0 Å². The molecule has 3 rings (SSSR count). The van der Waals surface area contributed by atoms with Crippen LogP contribution in [0.25, 0.3) is 22.1 Å². The van der Waals surface area contributed by atoms with E-state index in [-0.39, 0.29) is 22.5 Å². The molecule has 0 fully saturated rings. The Hall–Kier alpha value is -3.51. The number of hydrogen-bond acceptors (Lipinski definition) is 5. The summed E-state index contributed by atoms with van der Waals surface area (Å²) < 4.78 is 5.30. The van der Waals surface area contributed by atoms with Gasteiger partial charge in [0.25, 0.3) is 5.56 Å². The molecule has 2 aromatic heterocycles. The number of aromatic nitrogens is 1. The number of benzene rings is 1. The standard InChI is InChI=1S/C15H8N4O2/c16-6-10-13(11(7-17)15(20)19-14(10)18)9-2-1-3-12-8(9)4-5-21-12/h1-5H,(H3,18,19,20). The molecule has 0 atom stereocenters. The summed E-state index contributed by atoms with van der Waals surface area (Å²) in [5.41, 5.74) is 6.40. The Labute approximate surface area is 118 Å². The fourth-order valence-electron chi connectivity index (χ4n) is 2.32. The fourth-order valence-corrected chi connectivity index (χ4v) is 2.32. The van der Waals surface area contributed by atoms with Crippen LogP contribution in [0.4, 0.5) is 5.82 Å². The summed E-state index contributed by atoms with van der Waals surface area (Å²) in [5, 5.41) is 19.3. The topological polar surface area (TPSA) is 120 Å². The molecule has 0 aliphatic carbocycles. The number of nitrogen functional groups attached to an aromatic ring is 1. The lowest BCUT2D eigenvalue weighted by Crippen LogP contribution is -2.16. The fraction of sp³-hybridized carbons (Fsp3) is 0. The predicted molar refractivity (Wildman–Crippen MR) is 76.1 cm³/mol. The van der Waals surface area contributed by atoms with Gasteiger partial charge < -0.3 is 15.1 Å². The number of H-pyrrole nitrogens is 1. The van der Waals surface area contributed by atoms with Crippen LogP contribution in [-0.4, -0.2) is 4.98 Å². The van der Waals surface area contributed by atoms with Crippen molar-refractivity contribution in [3.8, 4) is 23.3 Å². The van der Waals surface area contributed by atoms with E-state index in [4.69, 9.17) is 10.2 Å². The monoisotopic (exact) mass is 276 g/mol. The summed E-state index contributed by atoms with van der Waals surface area (Å²) in [6.45, 7) is 0. The Morgan fingerprint density at radius 1 is 1.14 bits per heavy atom. The second-order valence-electron chi connectivity index (χ2n) is 4.35. The largest absolute Gasteiger partial charge is 0.464 e. The number of nitrogens with one attached hydrogen (secondary N) is 1. The molecule has 0 amide bonds. The van der Waals surface area contributed by atoms with E-state index >= 15 is 0 Å². The molecule has 0 aliphatic rings. The number of fused-ring (bicyclic) bond motifs is 1. The molecule has 21 heavy (non-hydrogen) atoms. The number of aromatic amines is 1. The van der Waals surface area contributed by atoms with Crippen molar-refractivity contribution in [1.29, 1.82) is 10.5 Å². The average Bonchev–Trinajstić information content (AvgIpc) is 2.95. The first kappa shape index (κ1) is 12.5. The van der Waals surface area contributed by atoms with E-state index in [0.717, 1.165) is 0 Å². The minimum Gasteiger partial charge on any atom is -0.464 e. The lowest BCUT2D eigenvalue weighted by Gasteiger charge is -2.09. The van der Waals surface area contributed by atoms with E-state index in [1.165, 1.54) is 6.26 Å². The first-order valence-electron chi connectivity index (χ1n) is 6.00. The van der Waals surface area contributed by atoms with Crippen LogP contribution < -0.4 is 11.3 Å². The SMILES string of the molecule is N#Cc1c(N)[nH]c(=O)c(C#N)c1-c1cccc2occc12. The molecule has 0 spiro atoms. The van der Waals surface area contributed by atoms with E-state index in [9.17, 15) is 15.3 Å². The molecule has 0 saturated carbocycles. The van der Waals surface area contributed by atoms with Crippen LogP contribution in [0.15, 0.2) is 39.7 Å². The number of nitrogens with zero attached hydrogens (tertiary/aromatic N) is 2. The molecule has 2 heterocycles. The quantitative estimate of drug-likeness (QED) is 0.705.